The molecular formula is C17H25NO. The fourth-order valence-electron chi connectivity index (χ4n) is 4.36. The molecule has 2 heteroatoms. The van der Waals surface area contributed by atoms with E-state index in [1.807, 2.05) is 0 Å². The van der Waals surface area contributed by atoms with Crippen LogP contribution in [0.25, 0.3) is 0 Å². The second kappa shape index (κ2) is 4.82. The third kappa shape index (κ3) is 2.16. The molecule has 2 aliphatic carbocycles. The number of benzene rings is 1. The average Bonchev–Trinajstić information content (AvgIpc) is 3.02. The molecule has 0 radical (unpaired) electrons. The van der Waals surface area contributed by atoms with Crippen molar-refractivity contribution >= 4 is 0 Å². The Morgan fingerprint density at radius 3 is 2.53 bits per heavy atom. The maximum Gasteiger partial charge on any atom is 0.122 e. The van der Waals surface area contributed by atoms with Crippen molar-refractivity contribution in [2.75, 3.05) is 7.11 Å². The van der Waals surface area contributed by atoms with Crippen molar-refractivity contribution in [2.45, 2.75) is 45.6 Å². The molecule has 19 heavy (non-hydrogen) atoms. The molecule has 2 aliphatic rings. The van der Waals surface area contributed by atoms with E-state index in [0.29, 0.717) is 5.92 Å². The molecule has 0 aliphatic heterocycles. The molecule has 0 aromatic heterocycles. The van der Waals surface area contributed by atoms with Crippen molar-refractivity contribution in [3.63, 3.8) is 0 Å². The maximum absolute atomic E-state index is 6.61. The van der Waals surface area contributed by atoms with E-state index in [0.717, 1.165) is 17.6 Å². The molecule has 2 saturated carbocycles. The SMILES string of the molecule is COc1cc(C)c(C(N)C2CC3CCC2C3)cc1C. The van der Waals surface area contributed by atoms with Gasteiger partial charge in [-0.3, -0.25) is 0 Å². The van der Waals surface area contributed by atoms with Gasteiger partial charge >= 0.3 is 0 Å². The zero-order valence-corrected chi connectivity index (χ0v) is 12.3. The highest BCUT2D eigenvalue weighted by Gasteiger charge is 2.42. The number of methoxy groups -OCH3 is 1. The Morgan fingerprint density at radius 1 is 1.16 bits per heavy atom. The van der Waals surface area contributed by atoms with Crippen molar-refractivity contribution in [3.8, 4) is 5.75 Å². The van der Waals surface area contributed by atoms with Crippen LogP contribution in [0.5, 0.6) is 5.75 Å². The smallest absolute Gasteiger partial charge is 0.122 e. The first-order chi connectivity index (χ1) is 9.10. The monoisotopic (exact) mass is 259 g/mol. The highest BCUT2D eigenvalue weighted by Crippen LogP contribution is 2.52. The number of hydrogen-bond acceptors (Lipinski definition) is 2. The molecule has 4 unspecified atom stereocenters. The minimum absolute atomic E-state index is 0.208. The second-order valence-corrected chi connectivity index (χ2v) is 6.54. The number of hydrogen-bond donors (Lipinski definition) is 1. The lowest BCUT2D eigenvalue weighted by atomic mass is 9.79. The molecule has 104 valence electrons. The zero-order valence-electron chi connectivity index (χ0n) is 12.3. The lowest BCUT2D eigenvalue weighted by Gasteiger charge is -2.29. The highest BCUT2D eigenvalue weighted by molar-refractivity contribution is 5.43. The summed E-state index contributed by atoms with van der Waals surface area (Å²) >= 11 is 0. The Hall–Kier alpha value is -1.02. The summed E-state index contributed by atoms with van der Waals surface area (Å²) in [6.07, 6.45) is 5.61. The summed E-state index contributed by atoms with van der Waals surface area (Å²) in [6.45, 7) is 4.26. The van der Waals surface area contributed by atoms with E-state index >= 15 is 0 Å². The zero-order chi connectivity index (χ0) is 13.6. The molecule has 1 aromatic carbocycles. The average molecular weight is 259 g/mol. The van der Waals surface area contributed by atoms with Gasteiger partial charge < -0.3 is 10.5 Å². The third-order valence-corrected chi connectivity index (χ3v) is 5.40. The Labute approximate surface area is 116 Å². The van der Waals surface area contributed by atoms with E-state index < -0.39 is 0 Å². The van der Waals surface area contributed by atoms with Gasteiger partial charge in [-0.2, -0.15) is 0 Å². The summed E-state index contributed by atoms with van der Waals surface area (Å²) in [7, 11) is 1.73. The van der Waals surface area contributed by atoms with Crippen LogP contribution in [0.1, 0.15) is 48.4 Å². The molecule has 0 saturated heterocycles. The molecule has 0 amide bonds. The van der Waals surface area contributed by atoms with Gasteiger partial charge in [0.1, 0.15) is 5.75 Å². The van der Waals surface area contributed by atoms with Gasteiger partial charge in [0, 0.05) is 6.04 Å². The number of fused-ring (bicyclic) bond motifs is 2. The molecule has 1 aromatic rings. The second-order valence-electron chi connectivity index (χ2n) is 6.54. The summed E-state index contributed by atoms with van der Waals surface area (Å²) in [5.41, 5.74) is 10.4. The van der Waals surface area contributed by atoms with Gasteiger partial charge in [-0.15, -0.1) is 0 Å². The largest absolute Gasteiger partial charge is 0.496 e. The normalized spacial score (nSPS) is 30.6. The van der Waals surface area contributed by atoms with E-state index in [4.69, 9.17) is 10.5 Å². The van der Waals surface area contributed by atoms with Crippen LogP contribution in [0.15, 0.2) is 12.1 Å². The molecule has 2 bridgehead atoms. The molecular weight excluding hydrogens is 234 g/mol. The topological polar surface area (TPSA) is 35.2 Å². The van der Waals surface area contributed by atoms with Gasteiger partial charge in [0.2, 0.25) is 0 Å². The summed E-state index contributed by atoms with van der Waals surface area (Å²) in [6, 6.07) is 4.59. The first-order valence-corrected chi connectivity index (χ1v) is 7.51. The van der Waals surface area contributed by atoms with Crippen molar-refractivity contribution in [1.29, 1.82) is 0 Å². The number of aryl methyl sites for hydroxylation is 2. The molecule has 0 spiro atoms. The van der Waals surface area contributed by atoms with Crippen LogP contribution in [0.2, 0.25) is 0 Å². The van der Waals surface area contributed by atoms with Crippen LogP contribution in [-0.2, 0) is 0 Å². The van der Waals surface area contributed by atoms with E-state index in [9.17, 15) is 0 Å². The predicted octanol–water partition coefficient (Wildman–Crippen LogP) is 3.75. The summed E-state index contributed by atoms with van der Waals surface area (Å²) < 4.78 is 5.39. The van der Waals surface area contributed by atoms with E-state index in [1.54, 1.807) is 7.11 Å². The van der Waals surface area contributed by atoms with Gasteiger partial charge in [-0.1, -0.05) is 12.5 Å². The molecule has 4 atom stereocenters. The van der Waals surface area contributed by atoms with Crippen molar-refractivity contribution in [1.82, 2.24) is 0 Å². The van der Waals surface area contributed by atoms with Crippen molar-refractivity contribution < 1.29 is 4.74 Å². The Bertz CT molecular complexity index is 482. The van der Waals surface area contributed by atoms with Crippen molar-refractivity contribution in [2.24, 2.45) is 23.5 Å². The van der Waals surface area contributed by atoms with E-state index in [2.05, 4.69) is 26.0 Å². The first kappa shape index (κ1) is 13.0. The number of nitrogens with two attached hydrogens (primary N) is 1. The van der Waals surface area contributed by atoms with Crippen LogP contribution < -0.4 is 10.5 Å². The summed E-state index contributed by atoms with van der Waals surface area (Å²) in [5, 5.41) is 0. The fourth-order valence-corrected chi connectivity index (χ4v) is 4.36. The summed E-state index contributed by atoms with van der Waals surface area (Å²) in [5.74, 6) is 3.51. The fraction of sp³-hybridized carbons (Fsp3) is 0.647. The van der Waals surface area contributed by atoms with Crippen LogP contribution in [-0.4, -0.2) is 7.11 Å². The summed E-state index contributed by atoms with van der Waals surface area (Å²) in [4.78, 5) is 0. The third-order valence-electron chi connectivity index (χ3n) is 5.40. The highest BCUT2D eigenvalue weighted by atomic mass is 16.5. The van der Waals surface area contributed by atoms with Gasteiger partial charge in [0.05, 0.1) is 7.11 Å². The minimum Gasteiger partial charge on any atom is -0.496 e. The lowest BCUT2D eigenvalue weighted by molar-refractivity contribution is 0.283. The van der Waals surface area contributed by atoms with E-state index in [1.165, 1.54) is 42.4 Å². The molecule has 2 N–H and O–H groups in total. The molecule has 2 fully saturated rings. The van der Waals surface area contributed by atoms with Crippen LogP contribution in [0, 0.1) is 31.6 Å². The van der Waals surface area contributed by atoms with Crippen LogP contribution in [0.3, 0.4) is 0 Å². The van der Waals surface area contributed by atoms with Crippen LogP contribution in [0.4, 0.5) is 0 Å². The van der Waals surface area contributed by atoms with Gasteiger partial charge in [-0.05, 0) is 73.6 Å². The number of ether oxygens (including phenoxy) is 1. The first-order valence-electron chi connectivity index (χ1n) is 7.51. The molecule has 2 nitrogen and oxygen atoms in total. The minimum atomic E-state index is 0.208. The maximum atomic E-state index is 6.61. The van der Waals surface area contributed by atoms with Gasteiger partial charge in [0.25, 0.3) is 0 Å². The quantitative estimate of drug-likeness (QED) is 0.897. The Kier molecular flexibility index (Phi) is 3.30. The standard InChI is InChI=1S/C17H25NO/c1-10-7-16(19-3)11(2)6-14(10)17(18)15-9-12-4-5-13(15)8-12/h6-7,12-13,15,17H,4-5,8-9,18H2,1-3H3. The van der Waals surface area contributed by atoms with Crippen molar-refractivity contribution in [3.05, 3.63) is 28.8 Å². The molecule has 3 rings (SSSR count). The molecule has 0 heterocycles. The van der Waals surface area contributed by atoms with E-state index in [-0.39, 0.29) is 6.04 Å². The Balaban J connectivity index is 1.87. The lowest BCUT2D eigenvalue weighted by Crippen LogP contribution is -2.26. The number of rotatable bonds is 3. The van der Waals surface area contributed by atoms with Crippen LogP contribution >= 0.6 is 0 Å². The Morgan fingerprint density at radius 2 is 1.95 bits per heavy atom. The van der Waals surface area contributed by atoms with Gasteiger partial charge in [0.15, 0.2) is 0 Å². The predicted molar refractivity (Wildman–Crippen MR) is 78.3 cm³/mol. The van der Waals surface area contributed by atoms with Gasteiger partial charge in [-0.25, -0.2) is 0 Å².